The summed E-state index contributed by atoms with van der Waals surface area (Å²) < 4.78 is 40.6. The lowest BCUT2D eigenvalue weighted by molar-refractivity contribution is -0.137. The molecule has 0 saturated carbocycles. The van der Waals surface area contributed by atoms with Crippen LogP contribution in [0.4, 0.5) is 13.2 Å². The third kappa shape index (κ3) is 2.77. The van der Waals surface area contributed by atoms with Crippen molar-refractivity contribution in [1.29, 1.82) is 0 Å². The molecule has 1 aromatic carbocycles. The van der Waals surface area contributed by atoms with Gasteiger partial charge in [0.2, 0.25) is 0 Å². The zero-order valence-electron chi connectivity index (χ0n) is 8.88. The van der Waals surface area contributed by atoms with Crippen LogP contribution in [0.5, 0.6) is 0 Å². The molecule has 0 bridgehead atoms. The minimum absolute atomic E-state index is 0.0606. The Balaban J connectivity index is 2.56. The van der Waals surface area contributed by atoms with E-state index in [0.29, 0.717) is 15.5 Å². The first-order chi connectivity index (χ1) is 8.41. The molecule has 0 spiro atoms. The highest BCUT2D eigenvalue weighted by Gasteiger charge is 2.34. The summed E-state index contributed by atoms with van der Waals surface area (Å²) in [6, 6.07) is 4.04. The van der Waals surface area contributed by atoms with E-state index < -0.39 is 11.7 Å². The van der Waals surface area contributed by atoms with Gasteiger partial charge in [0.15, 0.2) is 0 Å². The van der Waals surface area contributed by atoms with Crippen molar-refractivity contribution in [3.8, 4) is 5.69 Å². The van der Waals surface area contributed by atoms with Crippen molar-refractivity contribution in [2.45, 2.75) is 11.5 Å². The first-order valence-electron chi connectivity index (χ1n) is 4.88. The number of aromatic nitrogens is 2. The number of rotatable bonds is 2. The molecule has 96 valence electrons. The molecule has 7 heteroatoms. The van der Waals surface area contributed by atoms with Gasteiger partial charge in [-0.05, 0) is 18.2 Å². The number of nitrogens with zero attached hydrogens (tertiary/aromatic N) is 2. The van der Waals surface area contributed by atoms with Crippen LogP contribution in [0.2, 0.25) is 0 Å². The summed E-state index contributed by atoms with van der Waals surface area (Å²) in [5.74, 6) is 0. The highest BCUT2D eigenvalue weighted by molar-refractivity contribution is 9.10. The van der Waals surface area contributed by atoms with Crippen LogP contribution in [-0.2, 0) is 11.5 Å². The fourth-order valence-electron chi connectivity index (χ4n) is 1.52. The predicted molar refractivity (Wildman–Crippen MR) is 68.9 cm³/mol. The predicted octanol–water partition coefficient (Wildman–Crippen LogP) is 4.55. The van der Waals surface area contributed by atoms with Crippen LogP contribution in [0.25, 0.3) is 5.69 Å². The molecule has 1 aromatic heterocycles. The quantitative estimate of drug-likeness (QED) is 0.695. The SMILES string of the molecule is FC(F)(F)c1cc(Br)ccc1-n1cnc(CBr)c1. The molecule has 0 atom stereocenters. The van der Waals surface area contributed by atoms with Crippen molar-refractivity contribution in [2.24, 2.45) is 0 Å². The van der Waals surface area contributed by atoms with Gasteiger partial charge in [0, 0.05) is 16.0 Å². The second-order valence-electron chi connectivity index (χ2n) is 3.57. The maximum absolute atomic E-state index is 12.9. The molecular formula is C11H7Br2F3N2. The van der Waals surface area contributed by atoms with Gasteiger partial charge >= 0.3 is 6.18 Å². The van der Waals surface area contributed by atoms with E-state index in [-0.39, 0.29) is 5.69 Å². The summed E-state index contributed by atoms with van der Waals surface area (Å²) in [4.78, 5) is 3.99. The third-order valence-corrected chi connectivity index (χ3v) is 3.38. The molecule has 0 aliphatic rings. The number of halogens is 5. The molecule has 0 aliphatic carbocycles. The van der Waals surface area contributed by atoms with E-state index in [1.54, 1.807) is 12.3 Å². The van der Waals surface area contributed by atoms with Gasteiger partial charge in [-0.2, -0.15) is 13.2 Å². The maximum Gasteiger partial charge on any atom is 0.418 e. The second kappa shape index (κ2) is 5.05. The number of hydrogen-bond donors (Lipinski definition) is 0. The summed E-state index contributed by atoms with van der Waals surface area (Å²) in [6.07, 6.45) is -1.47. The molecule has 0 amide bonds. The lowest BCUT2D eigenvalue weighted by Crippen LogP contribution is -2.10. The Bertz CT molecular complexity index is 564. The van der Waals surface area contributed by atoms with Gasteiger partial charge in [-0.1, -0.05) is 31.9 Å². The summed E-state index contributed by atoms with van der Waals surface area (Å²) in [6.45, 7) is 0. The maximum atomic E-state index is 12.9. The van der Waals surface area contributed by atoms with Crippen LogP contribution in [0.15, 0.2) is 35.2 Å². The molecule has 18 heavy (non-hydrogen) atoms. The fraction of sp³-hybridized carbons (Fsp3) is 0.182. The van der Waals surface area contributed by atoms with Crippen LogP contribution < -0.4 is 0 Å². The summed E-state index contributed by atoms with van der Waals surface area (Å²) >= 11 is 6.26. The Morgan fingerprint density at radius 1 is 1.28 bits per heavy atom. The average Bonchev–Trinajstić information content (AvgIpc) is 2.76. The van der Waals surface area contributed by atoms with Gasteiger partial charge in [0.1, 0.15) is 0 Å². The van der Waals surface area contributed by atoms with E-state index in [9.17, 15) is 13.2 Å². The van der Waals surface area contributed by atoms with Crippen LogP contribution in [0, 0.1) is 0 Å². The molecule has 2 rings (SSSR count). The fourth-order valence-corrected chi connectivity index (χ4v) is 2.18. The smallest absolute Gasteiger partial charge is 0.305 e. The minimum atomic E-state index is -4.40. The second-order valence-corrected chi connectivity index (χ2v) is 5.04. The van der Waals surface area contributed by atoms with E-state index in [1.807, 2.05) is 0 Å². The number of benzene rings is 1. The zero-order chi connectivity index (χ0) is 13.3. The Morgan fingerprint density at radius 3 is 2.56 bits per heavy atom. The zero-order valence-corrected chi connectivity index (χ0v) is 12.1. The third-order valence-electron chi connectivity index (χ3n) is 2.32. The van der Waals surface area contributed by atoms with Crippen LogP contribution in [0.1, 0.15) is 11.3 Å². The first kappa shape index (κ1) is 13.6. The minimum Gasteiger partial charge on any atom is -0.305 e. The van der Waals surface area contributed by atoms with Crippen LogP contribution in [-0.4, -0.2) is 9.55 Å². The van der Waals surface area contributed by atoms with Gasteiger partial charge in [-0.15, -0.1) is 0 Å². The van der Waals surface area contributed by atoms with Crippen LogP contribution >= 0.6 is 31.9 Å². The molecule has 1 heterocycles. The molecule has 0 N–H and O–H groups in total. The Hall–Kier alpha value is -0.820. The highest BCUT2D eigenvalue weighted by Crippen LogP contribution is 2.35. The van der Waals surface area contributed by atoms with E-state index in [1.165, 1.54) is 17.0 Å². The van der Waals surface area contributed by atoms with E-state index >= 15 is 0 Å². The lowest BCUT2D eigenvalue weighted by atomic mass is 10.1. The van der Waals surface area contributed by atoms with Crippen molar-refractivity contribution in [2.75, 3.05) is 0 Å². The normalized spacial score (nSPS) is 11.8. The van der Waals surface area contributed by atoms with Crippen molar-refractivity contribution >= 4 is 31.9 Å². The van der Waals surface area contributed by atoms with Gasteiger partial charge in [0.25, 0.3) is 0 Å². The Labute approximate surface area is 118 Å². The molecule has 0 saturated heterocycles. The Morgan fingerprint density at radius 2 is 2.00 bits per heavy atom. The number of imidazole rings is 1. The molecule has 2 aromatic rings. The highest BCUT2D eigenvalue weighted by atomic mass is 79.9. The lowest BCUT2D eigenvalue weighted by Gasteiger charge is -2.13. The summed E-state index contributed by atoms with van der Waals surface area (Å²) in [7, 11) is 0. The monoisotopic (exact) mass is 382 g/mol. The standard InChI is InChI=1S/C11H7Br2F3N2/c12-4-8-5-18(6-17-8)10-2-1-7(13)3-9(10)11(14,15)16/h1-3,5-6H,4H2. The molecule has 0 fully saturated rings. The van der Waals surface area contributed by atoms with E-state index in [4.69, 9.17) is 0 Å². The molecule has 0 radical (unpaired) electrons. The van der Waals surface area contributed by atoms with Crippen molar-refractivity contribution in [3.63, 3.8) is 0 Å². The van der Waals surface area contributed by atoms with Crippen molar-refractivity contribution in [1.82, 2.24) is 9.55 Å². The van der Waals surface area contributed by atoms with E-state index in [0.717, 1.165) is 6.07 Å². The topological polar surface area (TPSA) is 17.8 Å². The number of hydrogen-bond acceptors (Lipinski definition) is 1. The molecular weight excluding hydrogens is 377 g/mol. The largest absolute Gasteiger partial charge is 0.418 e. The molecule has 0 aliphatic heterocycles. The Kier molecular flexibility index (Phi) is 3.82. The molecule has 0 unspecified atom stereocenters. The van der Waals surface area contributed by atoms with Crippen molar-refractivity contribution < 1.29 is 13.2 Å². The first-order valence-corrected chi connectivity index (χ1v) is 6.79. The number of alkyl halides is 4. The van der Waals surface area contributed by atoms with Gasteiger partial charge in [0.05, 0.1) is 23.3 Å². The van der Waals surface area contributed by atoms with Gasteiger partial charge in [-0.25, -0.2) is 4.98 Å². The van der Waals surface area contributed by atoms with Crippen molar-refractivity contribution in [3.05, 3.63) is 46.5 Å². The average molecular weight is 384 g/mol. The van der Waals surface area contributed by atoms with Gasteiger partial charge in [-0.3, -0.25) is 0 Å². The molecule has 2 nitrogen and oxygen atoms in total. The summed E-state index contributed by atoms with van der Waals surface area (Å²) in [5.41, 5.74) is 0.0341. The summed E-state index contributed by atoms with van der Waals surface area (Å²) in [5, 5.41) is 0.498. The van der Waals surface area contributed by atoms with Gasteiger partial charge < -0.3 is 4.57 Å². The van der Waals surface area contributed by atoms with E-state index in [2.05, 4.69) is 36.8 Å². The van der Waals surface area contributed by atoms with Crippen LogP contribution in [0.3, 0.4) is 0 Å².